The van der Waals surface area contributed by atoms with Crippen LogP contribution >= 0.6 is 0 Å². The first kappa shape index (κ1) is 12.0. The summed E-state index contributed by atoms with van der Waals surface area (Å²) < 4.78 is 5.03. The van der Waals surface area contributed by atoms with E-state index in [9.17, 15) is 9.59 Å². The molecular weight excluding hydrogens is 196 g/mol. The number of carboxylic acid groups (broad SMARTS) is 1. The van der Waals surface area contributed by atoms with Gasteiger partial charge in [0.05, 0.1) is 5.92 Å². The number of carboxylic acids is 1. The maximum absolute atomic E-state index is 11.5. The average Bonchev–Trinajstić information content (AvgIpc) is 2.44. The van der Waals surface area contributed by atoms with Crippen LogP contribution in [-0.4, -0.2) is 22.6 Å². The van der Waals surface area contributed by atoms with Crippen molar-refractivity contribution in [2.75, 3.05) is 0 Å². The van der Waals surface area contributed by atoms with E-state index in [4.69, 9.17) is 9.84 Å². The molecule has 1 aliphatic rings. The summed E-state index contributed by atoms with van der Waals surface area (Å²) in [5, 5.41) is 9.06. The van der Waals surface area contributed by atoms with Gasteiger partial charge in [-0.3, -0.25) is 4.79 Å². The first-order valence-electron chi connectivity index (χ1n) is 5.37. The maximum atomic E-state index is 11.5. The van der Waals surface area contributed by atoms with Crippen molar-refractivity contribution in [1.29, 1.82) is 0 Å². The molecule has 0 aromatic rings. The Morgan fingerprint density at radius 3 is 2.60 bits per heavy atom. The van der Waals surface area contributed by atoms with Crippen molar-refractivity contribution >= 4 is 11.9 Å². The maximum Gasteiger partial charge on any atom is 0.348 e. The Bertz CT molecular complexity index is 272. The molecule has 0 spiro atoms. The van der Waals surface area contributed by atoms with E-state index in [-0.39, 0.29) is 11.9 Å². The first-order chi connectivity index (χ1) is 6.91. The van der Waals surface area contributed by atoms with Gasteiger partial charge in [0, 0.05) is 6.42 Å². The Labute approximate surface area is 89.6 Å². The quantitative estimate of drug-likeness (QED) is 0.725. The van der Waals surface area contributed by atoms with Gasteiger partial charge in [0.1, 0.15) is 0 Å². The van der Waals surface area contributed by atoms with Gasteiger partial charge in [-0.1, -0.05) is 20.8 Å². The molecule has 2 unspecified atom stereocenters. The molecule has 15 heavy (non-hydrogen) atoms. The lowest BCUT2D eigenvalue weighted by Crippen LogP contribution is -2.37. The summed E-state index contributed by atoms with van der Waals surface area (Å²) in [6.45, 7) is 5.76. The standard InChI is InChI=1S/C11H18O4/c1-4-11(10(13)14)6-8(5-7(2)3)9(12)15-11/h7-8H,4-6H2,1-3H3,(H,13,14). The van der Waals surface area contributed by atoms with Crippen LogP contribution in [0.5, 0.6) is 0 Å². The molecule has 0 amide bonds. The summed E-state index contributed by atoms with van der Waals surface area (Å²) in [7, 11) is 0. The summed E-state index contributed by atoms with van der Waals surface area (Å²) in [5.41, 5.74) is -1.27. The predicted molar refractivity (Wildman–Crippen MR) is 54.3 cm³/mol. The highest BCUT2D eigenvalue weighted by Crippen LogP contribution is 2.37. The molecular formula is C11H18O4. The monoisotopic (exact) mass is 214 g/mol. The Hall–Kier alpha value is -1.06. The van der Waals surface area contributed by atoms with Crippen molar-refractivity contribution in [2.24, 2.45) is 11.8 Å². The molecule has 4 heteroatoms. The summed E-state index contributed by atoms with van der Waals surface area (Å²) in [6, 6.07) is 0. The van der Waals surface area contributed by atoms with E-state index in [1.807, 2.05) is 13.8 Å². The molecule has 0 bridgehead atoms. The second-order valence-electron chi connectivity index (χ2n) is 4.60. The minimum Gasteiger partial charge on any atom is -0.478 e. The zero-order valence-corrected chi connectivity index (χ0v) is 9.45. The molecule has 1 fully saturated rings. The molecule has 0 aromatic heterocycles. The van der Waals surface area contributed by atoms with Gasteiger partial charge in [0.25, 0.3) is 0 Å². The highest BCUT2D eigenvalue weighted by atomic mass is 16.6. The topological polar surface area (TPSA) is 63.6 Å². The summed E-state index contributed by atoms with van der Waals surface area (Å²) in [6.07, 6.45) is 1.35. The zero-order chi connectivity index (χ0) is 11.6. The van der Waals surface area contributed by atoms with Crippen molar-refractivity contribution in [2.45, 2.75) is 45.6 Å². The van der Waals surface area contributed by atoms with Crippen LogP contribution in [0, 0.1) is 11.8 Å². The van der Waals surface area contributed by atoms with Crippen LogP contribution in [0.25, 0.3) is 0 Å². The lowest BCUT2D eigenvalue weighted by molar-refractivity contribution is -0.170. The van der Waals surface area contributed by atoms with Crippen molar-refractivity contribution < 1.29 is 19.4 Å². The fourth-order valence-electron chi connectivity index (χ4n) is 2.05. The van der Waals surface area contributed by atoms with Gasteiger partial charge >= 0.3 is 11.9 Å². The smallest absolute Gasteiger partial charge is 0.348 e. The normalized spacial score (nSPS) is 30.7. The lowest BCUT2D eigenvalue weighted by atomic mass is 9.87. The van der Waals surface area contributed by atoms with Crippen LogP contribution in [0.4, 0.5) is 0 Å². The van der Waals surface area contributed by atoms with Crippen molar-refractivity contribution in [3.05, 3.63) is 0 Å². The third-order valence-electron chi connectivity index (χ3n) is 2.92. The number of ether oxygens (including phenoxy) is 1. The average molecular weight is 214 g/mol. The molecule has 1 heterocycles. The molecule has 4 nitrogen and oxygen atoms in total. The van der Waals surface area contributed by atoms with E-state index < -0.39 is 11.6 Å². The fourth-order valence-corrected chi connectivity index (χ4v) is 2.05. The van der Waals surface area contributed by atoms with Gasteiger partial charge < -0.3 is 9.84 Å². The van der Waals surface area contributed by atoms with Gasteiger partial charge in [-0.2, -0.15) is 0 Å². The number of carbonyl (C=O) groups is 2. The van der Waals surface area contributed by atoms with E-state index in [1.54, 1.807) is 6.92 Å². The molecule has 1 saturated heterocycles. The minimum absolute atomic E-state index is 0.249. The van der Waals surface area contributed by atoms with E-state index in [0.29, 0.717) is 25.2 Å². The molecule has 0 saturated carbocycles. The van der Waals surface area contributed by atoms with Crippen LogP contribution in [0.15, 0.2) is 0 Å². The van der Waals surface area contributed by atoms with E-state index in [0.717, 1.165) is 0 Å². The summed E-state index contributed by atoms with van der Waals surface area (Å²) in [5.74, 6) is -1.25. The van der Waals surface area contributed by atoms with Gasteiger partial charge in [0.2, 0.25) is 5.60 Å². The Morgan fingerprint density at radius 2 is 2.27 bits per heavy atom. The van der Waals surface area contributed by atoms with E-state index in [2.05, 4.69) is 0 Å². The number of hydrogen-bond acceptors (Lipinski definition) is 3. The van der Waals surface area contributed by atoms with Gasteiger partial charge in [0.15, 0.2) is 0 Å². The van der Waals surface area contributed by atoms with Crippen LogP contribution in [0.2, 0.25) is 0 Å². The van der Waals surface area contributed by atoms with Gasteiger partial charge in [-0.05, 0) is 18.8 Å². The SMILES string of the molecule is CCC1(C(=O)O)CC(CC(C)C)C(=O)O1. The molecule has 0 aliphatic carbocycles. The van der Waals surface area contributed by atoms with Gasteiger partial charge in [-0.15, -0.1) is 0 Å². The molecule has 0 aromatic carbocycles. The second-order valence-corrected chi connectivity index (χ2v) is 4.60. The summed E-state index contributed by atoms with van der Waals surface area (Å²) >= 11 is 0. The van der Waals surface area contributed by atoms with Crippen molar-refractivity contribution in [3.8, 4) is 0 Å². The number of aliphatic carboxylic acids is 1. The molecule has 86 valence electrons. The third kappa shape index (κ3) is 2.30. The zero-order valence-electron chi connectivity index (χ0n) is 9.45. The third-order valence-corrected chi connectivity index (χ3v) is 2.92. The fraction of sp³-hybridized carbons (Fsp3) is 0.818. The Balaban J connectivity index is 2.76. The number of carbonyl (C=O) groups excluding carboxylic acids is 1. The van der Waals surface area contributed by atoms with E-state index >= 15 is 0 Å². The molecule has 0 radical (unpaired) electrons. The minimum atomic E-state index is -1.27. The van der Waals surface area contributed by atoms with Gasteiger partial charge in [-0.25, -0.2) is 4.79 Å². The number of rotatable bonds is 4. The number of cyclic esters (lactones) is 1. The molecule has 2 atom stereocenters. The first-order valence-corrected chi connectivity index (χ1v) is 5.37. The summed E-state index contributed by atoms with van der Waals surface area (Å²) in [4.78, 5) is 22.6. The Kier molecular flexibility index (Phi) is 3.37. The highest BCUT2D eigenvalue weighted by Gasteiger charge is 2.51. The lowest BCUT2D eigenvalue weighted by Gasteiger charge is -2.20. The molecule has 1 rings (SSSR count). The number of hydrogen-bond donors (Lipinski definition) is 1. The Morgan fingerprint density at radius 1 is 1.67 bits per heavy atom. The van der Waals surface area contributed by atoms with Crippen LogP contribution in [0.1, 0.15) is 40.0 Å². The highest BCUT2D eigenvalue weighted by molar-refractivity contribution is 5.86. The van der Waals surface area contributed by atoms with Crippen molar-refractivity contribution in [3.63, 3.8) is 0 Å². The van der Waals surface area contributed by atoms with E-state index in [1.165, 1.54) is 0 Å². The largest absolute Gasteiger partial charge is 0.478 e. The van der Waals surface area contributed by atoms with Crippen LogP contribution in [0.3, 0.4) is 0 Å². The second kappa shape index (κ2) is 4.21. The predicted octanol–water partition coefficient (Wildman–Crippen LogP) is 1.83. The van der Waals surface area contributed by atoms with Crippen LogP contribution < -0.4 is 0 Å². The molecule has 1 N–H and O–H groups in total. The number of esters is 1. The molecule has 1 aliphatic heterocycles. The van der Waals surface area contributed by atoms with Crippen LogP contribution in [-0.2, 0) is 14.3 Å². The van der Waals surface area contributed by atoms with Crippen molar-refractivity contribution in [1.82, 2.24) is 0 Å².